The van der Waals surface area contributed by atoms with Gasteiger partial charge in [-0.05, 0) is 29.8 Å². The Kier molecular flexibility index (Phi) is 6.97. The number of ether oxygens (including phenoxy) is 4. The Hall–Kier alpha value is -4.18. The van der Waals surface area contributed by atoms with E-state index in [4.69, 9.17) is 24.2 Å². The van der Waals surface area contributed by atoms with Crippen LogP contribution in [-0.4, -0.2) is 27.2 Å². The van der Waals surface area contributed by atoms with E-state index in [1.54, 1.807) is 48.5 Å². The Bertz CT molecular complexity index is 1120. The molecule has 0 aliphatic rings. The largest absolute Gasteiger partial charge is 0.496 e. The number of hydrogen-bond donors (Lipinski definition) is 1. The molecule has 0 spiro atoms. The zero-order chi connectivity index (χ0) is 22.2. The SMILES string of the molecule is COc1cc(OC)c(C(=O)Nc2cccc(OCc3cccc(C#N)c3)c2)cc1OC. The summed E-state index contributed by atoms with van der Waals surface area (Å²) in [6.45, 7) is 0.302. The second-order valence-corrected chi connectivity index (χ2v) is 6.49. The number of nitriles is 1. The van der Waals surface area contributed by atoms with Crippen molar-refractivity contribution in [1.29, 1.82) is 5.26 Å². The van der Waals surface area contributed by atoms with Gasteiger partial charge in [-0.15, -0.1) is 0 Å². The molecule has 3 rings (SSSR count). The quantitative estimate of drug-likeness (QED) is 0.583. The van der Waals surface area contributed by atoms with Crippen molar-refractivity contribution in [3.05, 3.63) is 77.4 Å². The van der Waals surface area contributed by atoms with E-state index in [0.29, 0.717) is 46.4 Å². The van der Waals surface area contributed by atoms with E-state index in [1.165, 1.54) is 21.3 Å². The summed E-state index contributed by atoms with van der Waals surface area (Å²) in [4.78, 5) is 12.9. The molecule has 0 aliphatic heterocycles. The van der Waals surface area contributed by atoms with Crippen LogP contribution in [0, 0.1) is 11.3 Å². The molecule has 0 fully saturated rings. The minimum absolute atomic E-state index is 0.302. The Morgan fingerprint density at radius 3 is 2.32 bits per heavy atom. The molecule has 0 unspecified atom stereocenters. The van der Waals surface area contributed by atoms with Crippen LogP contribution in [0.15, 0.2) is 60.7 Å². The Balaban J connectivity index is 1.74. The monoisotopic (exact) mass is 418 g/mol. The summed E-state index contributed by atoms with van der Waals surface area (Å²) >= 11 is 0. The van der Waals surface area contributed by atoms with Crippen LogP contribution in [0.1, 0.15) is 21.5 Å². The smallest absolute Gasteiger partial charge is 0.259 e. The van der Waals surface area contributed by atoms with Gasteiger partial charge >= 0.3 is 0 Å². The predicted molar refractivity (Wildman–Crippen MR) is 116 cm³/mol. The van der Waals surface area contributed by atoms with Crippen molar-refractivity contribution in [2.24, 2.45) is 0 Å². The van der Waals surface area contributed by atoms with Crippen molar-refractivity contribution >= 4 is 11.6 Å². The van der Waals surface area contributed by atoms with Crippen LogP contribution in [0.3, 0.4) is 0 Å². The third kappa shape index (κ3) is 5.25. The van der Waals surface area contributed by atoms with Crippen molar-refractivity contribution in [2.75, 3.05) is 26.6 Å². The molecule has 0 aromatic heterocycles. The predicted octanol–water partition coefficient (Wildman–Crippen LogP) is 4.42. The first-order valence-electron chi connectivity index (χ1n) is 9.41. The summed E-state index contributed by atoms with van der Waals surface area (Å²) in [6, 6.07) is 19.5. The molecule has 3 aromatic rings. The fourth-order valence-corrected chi connectivity index (χ4v) is 2.97. The number of amides is 1. The third-order valence-corrected chi connectivity index (χ3v) is 4.50. The zero-order valence-corrected chi connectivity index (χ0v) is 17.5. The standard InChI is InChI=1S/C24H22N2O5/c1-28-21-13-23(30-3)22(29-2)12-20(21)24(27)26-18-8-5-9-19(11-18)31-15-17-7-4-6-16(10-17)14-25/h4-13H,15H2,1-3H3,(H,26,27). The van der Waals surface area contributed by atoms with Crippen LogP contribution in [0.5, 0.6) is 23.0 Å². The molecule has 7 nitrogen and oxygen atoms in total. The number of carbonyl (C=O) groups is 1. The summed E-state index contributed by atoms with van der Waals surface area (Å²) < 4.78 is 21.7. The summed E-state index contributed by atoms with van der Waals surface area (Å²) in [5.41, 5.74) is 2.32. The van der Waals surface area contributed by atoms with Crippen LogP contribution >= 0.6 is 0 Å². The molecular weight excluding hydrogens is 396 g/mol. The summed E-state index contributed by atoms with van der Waals surface area (Å²) in [7, 11) is 4.49. The lowest BCUT2D eigenvalue weighted by Gasteiger charge is -2.14. The molecule has 3 aromatic carbocycles. The molecule has 1 N–H and O–H groups in total. The second-order valence-electron chi connectivity index (χ2n) is 6.49. The lowest BCUT2D eigenvalue weighted by atomic mass is 10.1. The van der Waals surface area contributed by atoms with Crippen LogP contribution in [0.4, 0.5) is 5.69 Å². The highest BCUT2D eigenvalue weighted by Gasteiger charge is 2.18. The number of methoxy groups -OCH3 is 3. The van der Waals surface area contributed by atoms with E-state index < -0.39 is 0 Å². The topological polar surface area (TPSA) is 89.8 Å². The number of rotatable bonds is 8. The van der Waals surface area contributed by atoms with Gasteiger partial charge in [-0.25, -0.2) is 0 Å². The van der Waals surface area contributed by atoms with Crippen molar-refractivity contribution < 1.29 is 23.7 Å². The number of hydrogen-bond acceptors (Lipinski definition) is 6. The minimum atomic E-state index is -0.364. The average molecular weight is 418 g/mol. The maximum Gasteiger partial charge on any atom is 0.259 e. The lowest BCUT2D eigenvalue weighted by molar-refractivity contribution is 0.102. The lowest BCUT2D eigenvalue weighted by Crippen LogP contribution is -2.13. The Morgan fingerprint density at radius 1 is 0.903 bits per heavy atom. The van der Waals surface area contributed by atoms with Gasteiger partial charge in [0, 0.05) is 23.9 Å². The molecule has 0 bridgehead atoms. The van der Waals surface area contributed by atoms with E-state index in [2.05, 4.69) is 11.4 Å². The van der Waals surface area contributed by atoms with Gasteiger partial charge in [0.05, 0.1) is 38.5 Å². The Labute approximate surface area is 180 Å². The normalized spacial score (nSPS) is 10.0. The molecule has 31 heavy (non-hydrogen) atoms. The summed E-state index contributed by atoms with van der Waals surface area (Å²) in [6.07, 6.45) is 0. The average Bonchev–Trinajstić information content (AvgIpc) is 2.82. The molecule has 0 radical (unpaired) electrons. The van der Waals surface area contributed by atoms with Crippen LogP contribution in [0.2, 0.25) is 0 Å². The third-order valence-electron chi connectivity index (χ3n) is 4.50. The van der Waals surface area contributed by atoms with E-state index >= 15 is 0 Å². The van der Waals surface area contributed by atoms with Gasteiger partial charge in [-0.1, -0.05) is 18.2 Å². The molecule has 1 amide bonds. The van der Waals surface area contributed by atoms with Crippen LogP contribution in [0.25, 0.3) is 0 Å². The fraction of sp³-hybridized carbons (Fsp3) is 0.167. The number of nitrogens with one attached hydrogen (secondary N) is 1. The van der Waals surface area contributed by atoms with E-state index in [-0.39, 0.29) is 5.91 Å². The van der Waals surface area contributed by atoms with E-state index in [0.717, 1.165) is 5.56 Å². The van der Waals surface area contributed by atoms with Crippen molar-refractivity contribution in [2.45, 2.75) is 6.61 Å². The zero-order valence-electron chi connectivity index (χ0n) is 17.5. The number of carbonyl (C=O) groups excluding carboxylic acids is 1. The van der Waals surface area contributed by atoms with Gasteiger partial charge in [-0.2, -0.15) is 5.26 Å². The van der Waals surface area contributed by atoms with Crippen molar-refractivity contribution in [3.63, 3.8) is 0 Å². The van der Waals surface area contributed by atoms with Crippen molar-refractivity contribution in [1.82, 2.24) is 0 Å². The van der Waals surface area contributed by atoms with E-state index in [1.807, 2.05) is 12.1 Å². The Morgan fingerprint density at radius 2 is 1.61 bits per heavy atom. The fourth-order valence-electron chi connectivity index (χ4n) is 2.97. The first-order chi connectivity index (χ1) is 15.1. The molecule has 158 valence electrons. The van der Waals surface area contributed by atoms with E-state index in [9.17, 15) is 4.79 Å². The molecule has 0 saturated heterocycles. The minimum Gasteiger partial charge on any atom is -0.496 e. The molecule has 0 saturated carbocycles. The highest BCUT2D eigenvalue weighted by molar-refractivity contribution is 6.06. The second kappa shape index (κ2) is 10.0. The highest BCUT2D eigenvalue weighted by Crippen LogP contribution is 2.35. The first-order valence-corrected chi connectivity index (χ1v) is 9.41. The van der Waals surface area contributed by atoms with Gasteiger partial charge in [-0.3, -0.25) is 4.79 Å². The van der Waals surface area contributed by atoms with Gasteiger partial charge in [0.25, 0.3) is 5.91 Å². The van der Waals surface area contributed by atoms with Crippen LogP contribution in [-0.2, 0) is 6.61 Å². The van der Waals surface area contributed by atoms with Crippen molar-refractivity contribution in [3.8, 4) is 29.1 Å². The summed E-state index contributed by atoms with van der Waals surface area (Å²) in [5, 5.41) is 11.8. The van der Waals surface area contributed by atoms with Gasteiger partial charge < -0.3 is 24.3 Å². The molecular formula is C24H22N2O5. The van der Waals surface area contributed by atoms with Gasteiger partial charge in [0.1, 0.15) is 18.1 Å². The molecule has 7 heteroatoms. The van der Waals surface area contributed by atoms with Gasteiger partial charge in [0.15, 0.2) is 11.5 Å². The molecule has 0 heterocycles. The summed E-state index contributed by atoms with van der Waals surface area (Å²) in [5.74, 6) is 1.47. The molecule has 0 aliphatic carbocycles. The highest BCUT2D eigenvalue weighted by atomic mass is 16.5. The number of nitrogens with zero attached hydrogens (tertiary/aromatic N) is 1. The first kappa shape index (κ1) is 21.5. The number of anilines is 1. The van der Waals surface area contributed by atoms with Crippen LogP contribution < -0.4 is 24.3 Å². The maximum atomic E-state index is 12.9. The van der Waals surface area contributed by atoms with Gasteiger partial charge in [0.2, 0.25) is 0 Å². The number of benzene rings is 3. The molecule has 0 atom stereocenters. The maximum absolute atomic E-state index is 12.9.